The van der Waals surface area contributed by atoms with Crippen LogP contribution in [-0.4, -0.2) is 30.0 Å². The molecule has 7 nitrogen and oxygen atoms in total. The molecule has 1 amide bonds. The van der Waals surface area contributed by atoms with Crippen LogP contribution < -0.4 is 10.1 Å². The lowest BCUT2D eigenvalue weighted by Crippen LogP contribution is -2.12. The second-order valence-corrected chi connectivity index (χ2v) is 5.36. The molecule has 2 aromatic carbocycles. The Hall–Kier alpha value is -2.93. The van der Waals surface area contributed by atoms with Crippen LogP contribution >= 0.6 is 11.6 Å². The molecule has 130 valence electrons. The fourth-order valence-corrected chi connectivity index (χ4v) is 2.18. The van der Waals surface area contributed by atoms with Crippen molar-refractivity contribution < 1.29 is 14.5 Å². The van der Waals surface area contributed by atoms with Crippen LogP contribution in [0.1, 0.15) is 12.0 Å². The first-order valence-electron chi connectivity index (χ1n) is 7.36. The number of anilines is 1. The van der Waals surface area contributed by atoms with Gasteiger partial charge >= 0.3 is 0 Å². The first-order valence-corrected chi connectivity index (χ1v) is 7.89. The largest absolute Gasteiger partial charge is 0.495 e. The summed E-state index contributed by atoms with van der Waals surface area (Å²) in [5.41, 5.74) is 1.83. The van der Waals surface area contributed by atoms with Crippen LogP contribution in [0.25, 0.3) is 0 Å². The van der Waals surface area contributed by atoms with E-state index < -0.39 is 4.92 Å². The number of rotatable bonds is 7. The number of nitrogens with one attached hydrogen (secondary N) is 1. The van der Waals surface area contributed by atoms with Gasteiger partial charge in [-0.25, -0.2) is 0 Å². The van der Waals surface area contributed by atoms with E-state index in [9.17, 15) is 14.9 Å². The SMILES string of the molecule is COc1ccc(N=Cc2ccc([N+](=O)[O-])cc2)cc1NC(=O)CCCl. The molecule has 0 aromatic heterocycles. The zero-order valence-electron chi connectivity index (χ0n) is 13.4. The van der Waals surface area contributed by atoms with Crippen molar-refractivity contribution >= 4 is 40.8 Å². The number of halogens is 1. The molecule has 0 spiro atoms. The van der Waals surface area contributed by atoms with Gasteiger partial charge in [0.15, 0.2) is 0 Å². The third-order valence-electron chi connectivity index (χ3n) is 3.25. The lowest BCUT2D eigenvalue weighted by Gasteiger charge is -2.10. The average Bonchev–Trinajstić information content (AvgIpc) is 2.60. The maximum absolute atomic E-state index is 11.7. The minimum Gasteiger partial charge on any atom is -0.495 e. The third-order valence-corrected chi connectivity index (χ3v) is 3.43. The summed E-state index contributed by atoms with van der Waals surface area (Å²) in [6.45, 7) is 0. The molecular weight excluding hydrogens is 346 g/mol. The molecule has 25 heavy (non-hydrogen) atoms. The predicted octanol–water partition coefficient (Wildman–Crippen LogP) is 3.92. The molecule has 0 atom stereocenters. The van der Waals surface area contributed by atoms with E-state index in [-0.39, 0.29) is 23.9 Å². The molecule has 1 N–H and O–H groups in total. The molecule has 8 heteroatoms. The molecule has 0 unspecified atom stereocenters. The minimum absolute atomic E-state index is 0.0193. The van der Waals surface area contributed by atoms with Crippen molar-refractivity contribution in [2.75, 3.05) is 18.3 Å². The Morgan fingerprint density at radius 3 is 2.64 bits per heavy atom. The summed E-state index contributed by atoms with van der Waals surface area (Å²) < 4.78 is 5.21. The highest BCUT2D eigenvalue weighted by molar-refractivity contribution is 6.19. The molecule has 0 heterocycles. The third kappa shape index (κ3) is 5.29. The number of nitro benzene ring substituents is 1. The molecule has 0 aliphatic carbocycles. The number of non-ortho nitro benzene ring substituents is 1. The van der Waals surface area contributed by atoms with Crippen molar-refractivity contribution in [2.45, 2.75) is 6.42 Å². The Balaban J connectivity index is 2.18. The van der Waals surface area contributed by atoms with Gasteiger partial charge in [-0.15, -0.1) is 11.6 Å². The van der Waals surface area contributed by atoms with Crippen molar-refractivity contribution in [1.29, 1.82) is 0 Å². The summed E-state index contributed by atoms with van der Waals surface area (Å²) in [6.07, 6.45) is 1.77. The van der Waals surface area contributed by atoms with Crippen LogP contribution in [0, 0.1) is 10.1 Å². The summed E-state index contributed by atoms with van der Waals surface area (Å²) in [5, 5.41) is 13.4. The summed E-state index contributed by atoms with van der Waals surface area (Å²) in [7, 11) is 1.51. The number of methoxy groups -OCH3 is 1. The molecule has 2 rings (SSSR count). The average molecular weight is 362 g/mol. The number of aliphatic imine (C=N–C) groups is 1. The van der Waals surface area contributed by atoms with Crippen molar-refractivity contribution in [1.82, 2.24) is 0 Å². The van der Waals surface area contributed by atoms with Crippen LogP contribution in [0.15, 0.2) is 47.5 Å². The standard InChI is InChI=1S/C17H16ClN3O4/c1-25-16-7-4-13(10-15(16)20-17(22)8-9-18)19-11-12-2-5-14(6-3-12)21(23)24/h2-7,10-11H,8-9H2,1H3,(H,20,22). The van der Waals surface area contributed by atoms with Crippen LogP contribution in [0.4, 0.5) is 17.1 Å². The van der Waals surface area contributed by atoms with Crippen LogP contribution in [0.3, 0.4) is 0 Å². The number of alkyl halides is 1. The topological polar surface area (TPSA) is 93.8 Å². The number of ether oxygens (including phenoxy) is 1. The Morgan fingerprint density at radius 2 is 2.04 bits per heavy atom. The van der Waals surface area contributed by atoms with Gasteiger partial charge in [-0.05, 0) is 35.9 Å². The zero-order chi connectivity index (χ0) is 18.2. The van der Waals surface area contributed by atoms with E-state index in [1.807, 2.05) is 0 Å². The van der Waals surface area contributed by atoms with Gasteiger partial charge in [0.05, 0.1) is 23.4 Å². The van der Waals surface area contributed by atoms with Crippen LogP contribution in [0.5, 0.6) is 5.75 Å². The van der Waals surface area contributed by atoms with Gasteiger partial charge in [-0.1, -0.05) is 0 Å². The molecule has 0 aliphatic rings. The second-order valence-electron chi connectivity index (χ2n) is 4.98. The highest BCUT2D eigenvalue weighted by Gasteiger charge is 2.08. The van der Waals surface area contributed by atoms with Crippen molar-refractivity contribution in [3.05, 3.63) is 58.1 Å². The smallest absolute Gasteiger partial charge is 0.269 e. The molecule has 0 fully saturated rings. The first kappa shape index (κ1) is 18.4. The highest BCUT2D eigenvalue weighted by Crippen LogP contribution is 2.29. The Labute approximate surface area is 149 Å². The lowest BCUT2D eigenvalue weighted by molar-refractivity contribution is -0.384. The highest BCUT2D eigenvalue weighted by atomic mass is 35.5. The van der Waals surface area contributed by atoms with Gasteiger partial charge in [-0.3, -0.25) is 19.9 Å². The summed E-state index contributed by atoms with van der Waals surface area (Å²) >= 11 is 5.56. The molecular formula is C17H16ClN3O4. The Morgan fingerprint density at radius 1 is 1.32 bits per heavy atom. The molecule has 0 saturated carbocycles. The number of nitro groups is 1. The number of nitrogens with zero attached hydrogens (tertiary/aromatic N) is 2. The van der Waals surface area contributed by atoms with E-state index >= 15 is 0 Å². The molecule has 0 radical (unpaired) electrons. The fourth-order valence-electron chi connectivity index (χ4n) is 2.00. The summed E-state index contributed by atoms with van der Waals surface area (Å²) in [4.78, 5) is 26.2. The van der Waals surface area contributed by atoms with Gasteiger partial charge in [-0.2, -0.15) is 0 Å². The summed E-state index contributed by atoms with van der Waals surface area (Å²) in [5.74, 6) is 0.522. The van der Waals surface area contributed by atoms with Crippen molar-refractivity contribution in [2.24, 2.45) is 4.99 Å². The molecule has 0 bridgehead atoms. The van der Waals surface area contributed by atoms with E-state index in [4.69, 9.17) is 16.3 Å². The van der Waals surface area contributed by atoms with E-state index in [1.165, 1.54) is 19.2 Å². The fraction of sp³-hybridized carbons (Fsp3) is 0.176. The van der Waals surface area contributed by atoms with Gasteiger partial charge in [0.25, 0.3) is 5.69 Å². The number of hydrogen-bond acceptors (Lipinski definition) is 5. The first-order chi connectivity index (χ1) is 12.0. The lowest BCUT2D eigenvalue weighted by atomic mass is 10.2. The van der Waals surface area contributed by atoms with Gasteiger partial charge < -0.3 is 10.1 Å². The Kier molecular flexibility index (Phi) is 6.47. The molecule has 0 saturated heterocycles. The van der Waals surface area contributed by atoms with Crippen molar-refractivity contribution in [3.8, 4) is 5.75 Å². The summed E-state index contributed by atoms with van der Waals surface area (Å²) in [6, 6.07) is 11.1. The van der Waals surface area contributed by atoms with E-state index in [1.54, 1.807) is 36.5 Å². The maximum Gasteiger partial charge on any atom is 0.269 e. The number of hydrogen-bond donors (Lipinski definition) is 1. The number of amides is 1. The molecule has 2 aromatic rings. The van der Waals surface area contributed by atoms with E-state index in [2.05, 4.69) is 10.3 Å². The van der Waals surface area contributed by atoms with Crippen LogP contribution in [-0.2, 0) is 4.79 Å². The van der Waals surface area contributed by atoms with Gasteiger partial charge in [0, 0.05) is 30.6 Å². The Bertz CT molecular complexity index is 791. The number of carbonyl (C=O) groups excluding carboxylic acids is 1. The number of benzene rings is 2. The molecule has 0 aliphatic heterocycles. The van der Waals surface area contributed by atoms with Crippen LogP contribution in [0.2, 0.25) is 0 Å². The monoisotopic (exact) mass is 361 g/mol. The van der Waals surface area contributed by atoms with E-state index in [0.717, 1.165) is 0 Å². The van der Waals surface area contributed by atoms with Crippen molar-refractivity contribution in [3.63, 3.8) is 0 Å². The zero-order valence-corrected chi connectivity index (χ0v) is 14.2. The maximum atomic E-state index is 11.7. The second kappa shape index (κ2) is 8.79. The normalized spacial score (nSPS) is 10.6. The van der Waals surface area contributed by atoms with Gasteiger partial charge in [0.2, 0.25) is 5.91 Å². The predicted molar refractivity (Wildman–Crippen MR) is 97.3 cm³/mol. The van der Waals surface area contributed by atoms with E-state index in [0.29, 0.717) is 22.7 Å². The minimum atomic E-state index is -0.458. The van der Waals surface area contributed by atoms with Gasteiger partial charge in [0.1, 0.15) is 5.75 Å². The number of carbonyl (C=O) groups is 1. The quantitative estimate of drug-likeness (QED) is 0.350.